The third-order valence-electron chi connectivity index (χ3n) is 3.86. The van der Waals surface area contributed by atoms with Crippen LogP contribution in [-0.4, -0.2) is 24.2 Å². The number of carbonyl (C=O) groups is 1. The molecule has 1 saturated carbocycles. The summed E-state index contributed by atoms with van der Waals surface area (Å²) < 4.78 is 0. The van der Waals surface area contributed by atoms with Crippen LogP contribution in [0.3, 0.4) is 0 Å². The molecule has 0 spiro atoms. The van der Waals surface area contributed by atoms with E-state index >= 15 is 0 Å². The number of amides is 1. The minimum Gasteiger partial charge on any atom is -0.396 e. The van der Waals surface area contributed by atoms with Gasteiger partial charge in [0.25, 0.3) is 0 Å². The smallest absolute Gasteiger partial charge is 0.223 e. The highest BCUT2D eigenvalue weighted by molar-refractivity contribution is 5.79. The predicted molar refractivity (Wildman–Crippen MR) is 62.7 cm³/mol. The fourth-order valence-electron chi connectivity index (χ4n) is 2.81. The molecule has 2 aliphatic rings. The van der Waals surface area contributed by atoms with E-state index in [0.29, 0.717) is 24.3 Å². The second-order valence-corrected chi connectivity index (χ2v) is 5.25. The lowest BCUT2D eigenvalue weighted by Crippen LogP contribution is -2.35. The van der Waals surface area contributed by atoms with Crippen LogP contribution in [0.1, 0.15) is 26.2 Å². The van der Waals surface area contributed by atoms with E-state index in [9.17, 15) is 4.79 Å². The van der Waals surface area contributed by atoms with Gasteiger partial charge >= 0.3 is 0 Å². The molecule has 0 aliphatic heterocycles. The van der Waals surface area contributed by atoms with Crippen molar-refractivity contribution in [2.75, 3.05) is 13.2 Å². The Bertz CT molecular complexity index is 288. The lowest BCUT2D eigenvalue weighted by atomic mass is 9.92. The van der Waals surface area contributed by atoms with Gasteiger partial charge in [-0.25, -0.2) is 0 Å². The Morgan fingerprint density at radius 1 is 1.50 bits per heavy atom. The van der Waals surface area contributed by atoms with E-state index in [1.165, 1.54) is 6.42 Å². The third kappa shape index (κ3) is 2.46. The van der Waals surface area contributed by atoms with E-state index in [1.807, 2.05) is 0 Å². The zero-order valence-corrected chi connectivity index (χ0v) is 9.86. The Labute approximate surface area is 96.9 Å². The second kappa shape index (κ2) is 5.00. The molecule has 0 aromatic carbocycles. The number of allylic oxidation sites excluding steroid dienone is 2. The van der Waals surface area contributed by atoms with Crippen molar-refractivity contribution in [1.29, 1.82) is 0 Å². The molecule has 2 N–H and O–H groups in total. The van der Waals surface area contributed by atoms with Crippen LogP contribution in [0.15, 0.2) is 12.2 Å². The number of aliphatic hydroxyl groups is 1. The number of nitrogens with one attached hydrogen (secondary N) is 1. The van der Waals surface area contributed by atoms with Crippen molar-refractivity contribution in [3.8, 4) is 0 Å². The first kappa shape index (κ1) is 11.6. The van der Waals surface area contributed by atoms with E-state index < -0.39 is 0 Å². The minimum atomic E-state index is 0.202. The van der Waals surface area contributed by atoms with Crippen molar-refractivity contribution < 1.29 is 9.90 Å². The highest BCUT2D eigenvalue weighted by Gasteiger charge is 2.39. The summed E-state index contributed by atoms with van der Waals surface area (Å²) >= 11 is 0. The molecule has 0 aromatic rings. The molecule has 3 nitrogen and oxygen atoms in total. The van der Waals surface area contributed by atoms with E-state index in [-0.39, 0.29) is 18.4 Å². The zero-order valence-electron chi connectivity index (χ0n) is 9.86. The van der Waals surface area contributed by atoms with Gasteiger partial charge < -0.3 is 10.4 Å². The first-order valence-electron chi connectivity index (χ1n) is 6.27. The van der Waals surface area contributed by atoms with Crippen LogP contribution in [0.4, 0.5) is 0 Å². The quantitative estimate of drug-likeness (QED) is 0.691. The first-order chi connectivity index (χ1) is 7.70. The van der Waals surface area contributed by atoms with Crippen molar-refractivity contribution in [3.05, 3.63) is 12.2 Å². The van der Waals surface area contributed by atoms with Crippen LogP contribution in [-0.2, 0) is 4.79 Å². The summed E-state index contributed by atoms with van der Waals surface area (Å²) in [7, 11) is 0. The number of hydrogen-bond acceptors (Lipinski definition) is 2. The van der Waals surface area contributed by atoms with Gasteiger partial charge in [0, 0.05) is 19.1 Å². The maximum atomic E-state index is 11.9. The molecule has 4 unspecified atom stereocenters. The molecule has 3 heteroatoms. The molecular formula is C13H21NO2. The van der Waals surface area contributed by atoms with Gasteiger partial charge in [-0.15, -0.1) is 0 Å². The first-order valence-corrected chi connectivity index (χ1v) is 6.27. The standard InChI is InChI=1S/C13H21NO2/c1-9(4-5-15)8-14-13(16)12-7-10-2-3-11(12)6-10/h2-3,9-12,15H,4-8H2,1H3,(H,14,16). The fourth-order valence-corrected chi connectivity index (χ4v) is 2.81. The average molecular weight is 223 g/mol. The largest absolute Gasteiger partial charge is 0.396 e. The number of carbonyl (C=O) groups excluding carboxylic acids is 1. The number of rotatable bonds is 5. The summed E-state index contributed by atoms with van der Waals surface area (Å²) in [5.74, 6) is 1.91. The van der Waals surface area contributed by atoms with Gasteiger partial charge in [-0.3, -0.25) is 4.79 Å². The van der Waals surface area contributed by atoms with E-state index in [1.54, 1.807) is 0 Å². The van der Waals surface area contributed by atoms with Crippen molar-refractivity contribution in [3.63, 3.8) is 0 Å². The topological polar surface area (TPSA) is 49.3 Å². The molecule has 0 heterocycles. The average Bonchev–Trinajstić information content (AvgIpc) is 2.88. The molecule has 0 radical (unpaired) electrons. The molecule has 2 rings (SSSR count). The van der Waals surface area contributed by atoms with Crippen LogP contribution in [0.5, 0.6) is 0 Å². The molecule has 0 aromatic heterocycles. The van der Waals surface area contributed by atoms with E-state index in [4.69, 9.17) is 5.11 Å². The Kier molecular flexibility index (Phi) is 3.64. The molecule has 16 heavy (non-hydrogen) atoms. The second-order valence-electron chi connectivity index (χ2n) is 5.25. The van der Waals surface area contributed by atoms with Crippen molar-refractivity contribution in [2.45, 2.75) is 26.2 Å². The third-order valence-corrected chi connectivity index (χ3v) is 3.86. The van der Waals surface area contributed by atoms with Gasteiger partial charge in [-0.2, -0.15) is 0 Å². The molecule has 1 fully saturated rings. The van der Waals surface area contributed by atoms with Gasteiger partial charge in [-0.05, 0) is 37.0 Å². The van der Waals surface area contributed by atoms with Crippen LogP contribution < -0.4 is 5.32 Å². The number of fused-ring (bicyclic) bond motifs is 2. The molecular weight excluding hydrogens is 202 g/mol. The van der Waals surface area contributed by atoms with Gasteiger partial charge in [0.2, 0.25) is 5.91 Å². The number of aliphatic hydroxyl groups excluding tert-OH is 1. The maximum Gasteiger partial charge on any atom is 0.223 e. The van der Waals surface area contributed by atoms with Gasteiger partial charge in [0.05, 0.1) is 0 Å². The monoisotopic (exact) mass is 223 g/mol. The lowest BCUT2D eigenvalue weighted by molar-refractivity contribution is -0.125. The van der Waals surface area contributed by atoms with Crippen molar-refractivity contribution in [2.24, 2.45) is 23.7 Å². The minimum absolute atomic E-state index is 0.202. The molecule has 4 atom stereocenters. The normalized spacial score (nSPS) is 33.0. The summed E-state index contributed by atoms with van der Waals surface area (Å²) in [5.41, 5.74) is 0. The van der Waals surface area contributed by atoms with Gasteiger partial charge in [0.1, 0.15) is 0 Å². The van der Waals surface area contributed by atoms with Gasteiger partial charge in [-0.1, -0.05) is 19.1 Å². The van der Waals surface area contributed by atoms with Crippen LogP contribution in [0, 0.1) is 23.7 Å². The summed E-state index contributed by atoms with van der Waals surface area (Å²) in [5, 5.41) is 11.8. The fraction of sp³-hybridized carbons (Fsp3) is 0.769. The zero-order chi connectivity index (χ0) is 11.5. The summed E-state index contributed by atoms with van der Waals surface area (Å²) in [6.07, 6.45) is 7.42. The molecule has 2 bridgehead atoms. The Morgan fingerprint density at radius 3 is 2.88 bits per heavy atom. The van der Waals surface area contributed by atoms with Gasteiger partial charge in [0.15, 0.2) is 0 Å². The summed E-state index contributed by atoms with van der Waals surface area (Å²) in [6.45, 7) is 2.95. The van der Waals surface area contributed by atoms with Crippen molar-refractivity contribution >= 4 is 5.91 Å². The SMILES string of the molecule is CC(CCO)CNC(=O)C1CC2C=CC1C2. The Hall–Kier alpha value is -0.830. The lowest BCUT2D eigenvalue weighted by Gasteiger charge is -2.19. The summed E-state index contributed by atoms with van der Waals surface area (Å²) in [4.78, 5) is 11.9. The highest BCUT2D eigenvalue weighted by Crippen LogP contribution is 2.43. The van der Waals surface area contributed by atoms with E-state index in [0.717, 1.165) is 12.8 Å². The molecule has 90 valence electrons. The van der Waals surface area contributed by atoms with Crippen LogP contribution in [0.2, 0.25) is 0 Å². The van der Waals surface area contributed by atoms with Crippen LogP contribution >= 0.6 is 0 Å². The molecule has 2 aliphatic carbocycles. The Balaban J connectivity index is 1.74. The predicted octanol–water partition coefficient (Wildman–Crippen LogP) is 1.33. The Morgan fingerprint density at radius 2 is 2.31 bits per heavy atom. The van der Waals surface area contributed by atoms with Crippen LogP contribution in [0.25, 0.3) is 0 Å². The molecule has 1 amide bonds. The molecule has 0 saturated heterocycles. The van der Waals surface area contributed by atoms with Crippen molar-refractivity contribution in [1.82, 2.24) is 5.32 Å². The maximum absolute atomic E-state index is 11.9. The highest BCUT2D eigenvalue weighted by atomic mass is 16.3. The summed E-state index contributed by atoms with van der Waals surface area (Å²) in [6, 6.07) is 0. The van der Waals surface area contributed by atoms with E-state index in [2.05, 4.69) is 24.4 Å². The number of hydrogen-bond donors (Lipinski definition) is 2.